The second-order valence-electron chi connectivity index (χ2n) is 7.20. The smallest absolute Gasteiger partial charge is 0.328 e. The maximum atomic E-state index is 13.0. The highest BCUT2D eigenvalue weighted by Crippen LogP contribution is 2.30. The van der Waals surface area contributed by atoms with E-state index in [1.54, 1.807) is 12.1 Å². The van der Waals surface area contributed by atoms with Gasteiger partial charge in [0, 0.05) is 5.39 Å². The summed E-state index contributed by atoms with van der Waals surface area (Å²) in [5.74, 6) is -1.21. The number of hydrogen-bond donors (Lipinski definition) is 2. The number of aliphatic carboxylic acids is 1. The van der Waals surface area contributed by atoms with Crippen LogP contribution >= 0.6 is 0 Å². The average Bonchev–Trinajstić information content (AvgIpc) is 2.71. The van der Waals surface area contributed by atoms with Gasteiger partial charge in [0.1, 0.15) is 36.1 Å². The molecule has 0 atom stereocenters. The molecule has 0 bridgehead atoms. The van der Waals surface area contributed by atoms with Crippen LogP contribution in [0.3, 0.4) is 0 Å². The van der Waals surface area contributed by atoms with E-state index >= 15 is 0 Å². The van der Waals surface area contributed by atoms with Crippen molar-refractivity contribution in [2.45, 2.75) is 19.4 Å². The quantitative estimate of drug-likeness (QED) is 0.547. The summed E-state index contributed by atoms with van der Waals surface area (Å²) >= 11 is 0. The third-order valence-corrected chi connectivity index (χ3v) is 4.50. The summed E-state index contributed by atoms with van der Waals surface area (Å²) in [6.45, 7) is 3.13. The minimum atomic E-state index is -1.44. The molecule has 0 aliphatic carbocycles. The number of carbonyl (C=O) groups is 2. The fourth-order valence-electron chi connectivity index (χ4n) is 2.82. The summed E-state index contributed by atoms with van der Waals surface area (Å²) in [4.78, 5) is 24.2. The fraction of sp³-hybridized carbons (Fsp3) is 0.217. The standard InChI is InChI=1S/C23H22FNO5/c1-23(2,22(27)28)25-21(26)19-12-7-15-5-3-4-6-18(15)20(19)30-14-13-29-17-10-8-16(24)9-11-17/h3-12H,13-14H2,1-2H3,(H,25,26)(H,27,28). The highest BCUT2D eigenvalue weighted by Gasteiger charge is 2.30. The lowest BCUT2D eigenvalue weighted by molar-refractivity contribution is -0.143. The van der Waals surface area contributed by atoms with Gasteiger partial charge in [0.15, 0.2) is 0 Å². The van der Waals surface area contributed by atoms with Crippen LogP contribution in [0.5, 0.6) is 11.5 Å². The van der Waals surface area contributed by atoms with Gasteiger partial charge in [0.2, 0.25) is 0 Å². The van der Waals surface area contributed by atoms with Crippen molar-refractivity contribution in [3.8, 4) is 11.5 Å². The number of fused-ring (bicyclic) bond motifs is 1. The predicted molar refractivity (Wildman–Crippen MR) is 111 cm³/mol. The van der Waals surface area contributed by atoms with Gasteiger partial charge in [-0.3, -0.25) is 4.79 Å². The first-order valence-electron chi connectivity index (χ1n) is 9.37. The summed E-state index contributed by atoms with van der Waals surface area (Å²) in [5.41, 5.74) is -1.21. The Morgan fingerprint density at radius 3 is 2.33 bits per heavy atom. The highest BCUT2D eigenvalue weighted by molar-refractivity contribution is 6.05. The van der Waals surface area contributed by atoms with Crippen LogP contribution in [0.1, 0.15) is 24.2 Å². The molecule has 0 radical (unpaired) electrons. The largest absolute Gasteiger partial charge is 0.490 e. The van der Waals surface area contributed by atoms with E-state index in [1.165, 1.54) is 38.1 Å². The van der Waals surface area contributed by atoms with Gasteiger partial charge in [-0.05, 0) is 49.6 Å². The molecular formula is C23H22FNO5. The molecule has 30 heavy (non-hydrogen) atoms. The second-order valence-corrected chi connectivity index (χ2v) is 7.20. The molecule has 156 valence electrons. The van der Waals surface area contributed by atoms with Crippen molar-refractivity contribution < 1.29 is 28.6 Å². The summed E-state index contributed by atoms with van der Waals surface area (Å²) in [6, 6.07) is 16.4. The van der Waals surface area contributed by atoms with Gasteiger partial charge in [-0.15, -0.1) is 0 Å². The van der Waals surface area contributed by atoms with E-state index in [-0.39, 0.29) is 24.6 Å². The minimum Gasteiger partial charge on any atom is -0.490 e. The van der Waals surface area contributed by atoms with Crippen molar-refractivity contribution in [1.29, 1.82) is 0 Å². The minimum absolute atomic E-state index is 0.133. The van der Waals surface area contributed by atoms with E-state index in [1.807, 2.05) is 24.3 Å². The van der Waals surface area contributed by atoms with Crippen molar-refractivity contribution in [1.82, 2.24) is 5.32 Å². The van der Waals surface area contributed by atoms with Crippen LogP contribution in [0.25, 0.3) is 10.8 Å². The first-order valence-corrected chi connectivity index (χ1v) is 9.37. The molecular weight excluding hydrogens is 389 g/mol. The van der Waals surface area contributed by atoms with E-state index in [4.69, 9.17) is 9.47 Å². The number of halogens is 1. The zero-order chi connectivity index (χ0) is 21.7. The molecule has 0 fully saturated rings. The molecule has 0 saturated heterocycles. The van der Waals surface area contributed by atoms with Crippen LogP contribution in [0.15, 0.2) is 60.7 Å². The van der Waals surface area contributed by atoms with Crippen molar-refractivity contribution in [3.05, 3.63) is 72.0 Å². The predicted octanol–water partition coefficient (Wildman–Crippen LogP) is 4.03. The van der Waals surface area contributed by atoms with Crippen molar-refractivity contribution in [3.63, 3.8) is 0 Å². The van der Waals surface area contributed by atoms with Crippen molar-refractivity contribution >= 4 is 22.6 Å². The van der Waals surface area contributed by atoms with Gasteiger partial charge >= 0.3 is 5.97 Å². The fourth-order valence-corrected chi connectivity index (χ4v) is 2.82. The van der Waals surface area contributed by atoms with Crippen molar-refractivity contribution in [2.24, 2.45) is 0 Å². The Labute approximate surface area is 173 Å². The molecule has 0 saturated carbocycles. The highest BCUT2D eigenvalue weighted by atomic mass is 19.1. The Kier molecular flexibility index (Phi) is 6.20. The Hall–Kier alpha value is -3.61. The molecule has 7 heteroatoms. The monoisotopic (exact) mass is 411 g/mol. The van der Waals surface area contributed by atoms with Crippen LogP contribution in [0, 0.1) is 5.82 Å². The van der Waals surface area contributed by atoms with Crippen LogP contribution in [0.2, 0.25) is 0 Å². The van der Waals surface area contributed by atoms with Gasteiger partial charge in [-0.25, -0.2) is 9.18 Å². The maximum absolute atomic E-state index is 13.0. The molecule has 1 amide bonds. The summed E-state index contributed by atoms with van der Waals surface area (Å²) in [7, 11) is 0. The molecule has 0 unspecified atom stereocenters. The molecule has 3 aromatic rings. The lowest BCUT2D eigenvalue weighted by Crippen LogP contribution is -2.49. The van der Waals surface area contributed by atoms with Crippen LogP contribution in [-0.2, 0) is 4.79 Å². The topological polar surface area (TPSA) is 84.9 Å². The number of carboxylic acid groups (broad SMARTS) is 1. The Morgan fingerprint density at radius 2 is 1.63 bits per heavy atom. The maximum Gasteiger partial charge on any atom is 0.328 e. The first kappa shape index (κ1) is 21.1. The number of rotatable bonds is 8. The number of carboxylic acids is 1. The lowest BCUT2D eigenvalue weighted by Gasteiger charge is -2.22. The molecule has 3 aromatic carbocycles. The molecule has 2 N–H and O–H groups in total. The summed E-state index contributed by atoms with van der Waals surface area (Å²) in [6.07, 6.45) is 0. The number of carbonyl (C=O) groups excluding carboxylic acids is 1. The van der Waals surface area contributed by atoms with Gasteiger partial charge in [-0.1, -0.05) is 30.3 Å². The number of amides is 1. The van der Waals surface area contributed by atoms with Gasteiger partial charge in [0.05, 0.1) is 5.56 Å². The van der Waals surface area contributed by atoms with Crippen LogP contribution in [-0.4, -0.2) is 35.7 Å². The molecule has 6 nitrogen and oxygen atoms in total. The average molecular weight is 411 g/mol. The van der Waals surface area contributed by atoms with E-state index in [0.29, 0.717) is 11.5 Å². The van der Waals surface area contributed by atoms with E-state index in [0.717, 1.165) is 10.8 Å². The van der Waals surface area contributed by atoms with E-state index < -0.39 is 17.4 Å². The number of ether oxygens (including phenoxy) is 2. The zero-order valence-electron chi connectivity index (χ0n) is 16.6. The molecule has 0 aliphatic rings. The molecule has 0 heterocycles. The van der Waals surface area contributed by atoms with Crippen LogP contribution < -0.4 is 14.8 Å². The normalized spacial score (nSPS) is 11.2. The zero-order valence-corrected chi connectivity index (χ0v) is 16.6. The third kappa shape index (κ3) is 4.86. The molecule has 0 spiro atoms. The lowest BCUT2D eigenvalue weighted by atomic mass is 10.0. The third-order valence-electron chi connectivity index (χ3n) is 4.50. The van der Waals surface area contributed by atoms with Gasteiger partial charge in [0.25, 0.3) is 5.91 Å². The first-order chi connectivity index (χ1) is 14.3. The Balaban J connectivity index is 1.80. The number of nitrogens with one attached hydrogen (secondary N) is 1. The Bertz CT molecular complexity index is 1060. The molecule has 0 aliphatic heterocycles. The van der Waals surface area contributed by atoms with Gasteiger partial charge < -0.3 is 19.9 Å². The second kappa shape index (κ2) is 8.82. The van der Waals surface area contributed by atoms with Crippen molar-refractivity contribution in [2.75, 3.05) is 13.2 Å². The van der Waals surface area contributed by atoms with E-state index in [9.17, 15) is 19.1 Å². The summed E-state index contributed by atoms with van der Waals surface area (Å²) in [5, 5.41) is 13.4. The number of hydrogen-bond acceptors (Lipinski definition) is 4. The summed E-state index contributed by atoms with van der Waals surface area (Å²) < 4.78 is 24.4. The SMILES string of the molecule is CC(C)(NC(=O)c1ccc2ccccc2c1OCCOc1ccc(F)cc1)C(=O)O. The van der Waals surface area contributed by atoms with Gasteiger partial charge in [-0.2, -0.15) is 0 Å². The Morgan fingerprint density at radius 1 is 0.967 bits per heavy atom. The molecule has 0 aromatic heterocycles. The van der Waals surface area contributed by atoms with Crippen LogP contribution in [0.4, 0.5) is 4.39 Å². The number of benzene rings is 3. The van der Waals surface area contributed by atoms with E-state index in [2.05, 4.69) is 5.32 Å². The molecule has 3 rings (SSSR count).